The molecule has 1 atom stereocenters. The van der Waals surface area contributed by atoms with Gasteiger partial charge in [-0.1, -0.05) is 18.6 Å². The summed E-state index contributed by atoms with van der Waals surface area (Å²) in [5.74, 6) is 0.0925. The predicted molar refractivity (Wildman–Crippen MR) is 98.3 cm³/mol. The van der Waals surface area contributed by atoms with Crippen LogP contribution in [0.3, 0.4) is 0 Å². The van der Waals surface area contributed by atoms with Crippen LogP contribution in [0.4, 0.5) is 0 Å². The van der Waals surface area contributed by atoms with E-state index in [4.69, 9.17) is 0 Å². The van der Waals surface area contributed by atoms with E-state index in [1.54, 1.807) is 0 Å². The normalized spacial score (nSPS) is 21.8. The van der Waals surface area contributed by atoms with E-state index in [0.29, 0.717) is 12.6 Å². The van der Waals surface area contributed by atoms with Crippen molar-refractivity contribution in [3.8, 4) is 0 Å². The number of hydrogen-bond donors (Lipinski definition) is 1. The first kappa shape index (κ1) is 17.9. The molecule has 0 spiro atoms. The molecule has 25 heavy (non-hydrogen) atoms. The van der Waals surface area contributed by atoms with Crippen molar-refractivity contribution in [2.75, 3.05) is 26.2 Å². The Morgan fingerprint density at radius 2 is 1.72 bits per heavy atom. The van der Waals surface area contributed by atoms with Gasteiger partial charge in [0, 0.05) is 38.2 Å². The summed E-state index contributed by atoms with van der Waals surface area (Å²) in [5.41, 5.74) is 1.76. The Bertz CT molecular complexity index is 593. The van der Waals surface area contributed by atoms with Gasteiger partial charge in [0.25, 0.3) is 5.91 Å². The van der Waals surface area contributed by atoms with E-state index in [2.05, 4.69) is 10.2 Å². The first-order valence-corrected chi connectivity index (χ1v) is 9.50. The van der Waals surface area contributed by atoms with Crippen molar-refractivity contribution in [3.05, 3.63) is 35.4 Å². The van der Waals surface area contributed by atoms with Gasteiger partial charge in [-0.15, -0.1) is 0 Å². The number of likely N-dealkylation sites (tertiary alicyclic amines) is 2. The molecule has 0 saturated carbocycles. The number of hydrogen-bond acceptors (Lipinski definition) is 3. The molecule has 1 aromatic rings. The largest absolute Gasteiger partial charge is 0.352 e. The Morgan fingerprint density at radius 1 is 1.04 bits per heavy atom. The lowest BCUT2D eigenvalue weighted by Gasteiger charge is -2.30. The van der Waals surface area contributed by atoms with Crippen LogP contribution in [0.5, 0.6) is 0 Å². The van der Waals surface area contributed by atoms with E-state index in [1.807, 2.05) is 29.2 Å². The van der Waals surface area contributed by atoms with Crippen molar-refractivity contribution in [3.63, 3.8) is 0 Å². The minimum absolute atomic E-state index is 0.0438. The van der Waals surface area contributed by atoms with Crippen molar-refractivity contribution in [2.45, 2.75) is 51.6 Å². The lowest BCUT2D eigenvalue weighted by atomic mass is 10.1. The number of carbonyl (C=O) groups is 2. The summed E-state index contributed by atoms with van der Waals surface area (Å²) in [4.78, 5) is 28.5. The molecule has 2 saturated heterocycles. The van der Waals surface area contributed by atoms with Crippen LogP contribution in [0.25, 0.3) is 0 Å². The van der Waals surface area contributed by atoms with Crippen LogP contribution >= 0.6 is 0 Å². The van der Waals surface area contributed by atoms with Crippen LogP contribution in [0.1, 0.15) is 54.9 Å². The van der Waals surface area contributed by atoms with Crippen LogP contribution < -0.4 is 5.32 Å². The molecule has 1 aromatic carbocycles. The predicted octanol–water partition coefficient (Wildman–Crippen LogP) is 2.41. The Kier molecular flexibility index (Phi) is 6.08. The van der Waals surface area contributed by atoms with Gasteiger partial charge in [-0.3, -0.25) is 14.5 Å². The lowest BCUT2D eigenvalue weighted by molar-refractivity contribution is -0.119. The minimum atomic E-state index is -0.0438. The molecule has 0 aliphatic carbocycles. The van der Waals surface area contributed by atoms with Gasteiger partial charge in [-0.2, -0.15) is 0 Å². The van der Waals surface area contributed by atoms with Gasteiger partial charge in [-0.25, -0.2) is 0 Å². The van der Waals surface area contributed by atoms with E-state index in [-0.39, 0.29) is 11.8 Å². The maximum atomic E-state index is 12.9. The fourth-order valence-corrected chi connectivity index (χ4v) is 3.88. The average molecular weight is 343 g/mol. The van der Waals surface area contributed by atoms with Crippen molar-refractivity contribution < 1.29 is 9.59 Å². The standard InChI is InChI=1S/C20H29N3O2/c1-16(24)21-14-17-7-9-18(10-8-17)20(25)23-13-3-2-6-19(15-23)22-11-4-5-12-22/h7-10,19H,2-6,11-15H2,1H3,(H,21,24)/t19-/m0/s1. The molecule has 2 aliphatic rings. The third-order valence-corrected chi connectivity index (χ3v) is 5.33. The van der Waals surface area contributed by atoms with Crippen molar-refractivity contribution in [1.29, 1.82) is 0 Å². The number of carbonyl (C=O) groups excluding carboxylic acids is 2. The maximum absolute atomic E-state index is 12.9. The molecule has 2 heterocycles. The van der Waals surface area contributed by atoms with Gasteiger partial charge in [0.1, 0.15) is 0 Å². The smallest absolute Gasteiger partial charge is 0.253 e. The van der Waals surface area contributed by atoms with Crippen molar-refractivity contribution >= 4 is 11.8 Å². The number of nitrogens with zero attached hydrogens (tertiary/aromatic N) is 2. The van der Waals surface area contributed by atoms with E-state index in [0.717, 1.165) is 30.6 Å². The van der Waals surface area contributed by atoms with Crippen molar-refractivity contribution in [1.82, 2.24) is 15.1 Å². The second-order valence-corrected chi connectivity index (χ2v) is 7.25. The Hall–Kier alpha value is -1.88. The van der Waals surface area contributed by atoms with E-state index >= 15 is 0 Å². The van der Waals surface area contributed by atoms with E-state index < -0.39 is 0 Å². The molecule has 2 amide bonds. The number of benzene rings is 1. The quantitative estimate of drug-likeness (QED) is 0.913. The number of nitrogens with one attached hydrogen (secondary N) is 1. The van der Waals surface area contributed by atoms with Crippen LogP contribution in [0.2, 0.25) is 0 Å². The molecule has 0 aromatic heterocycles. The summed E-state index contributed by atoms with van der Waals surface area (Å²) in [5, 5.41) is 2.78. The summed E-state index contributed by atoms with van der Waals surface area (Å²) in [6, 6.07) is 8.15. The monoisotopic (exact) mass is 343 g/mol. The number of rotatable bonds is 4. The molecule has 0 bridgehead atoms. The highest BCUT2D eigenvalue weighted by Crippen LogP contribution is 2.21. The maximum Gasteiger partial charge on any atom is 0.253 e. The molecule has 136 valence electrons. The summed E-state index contributed by atoms with van der Waals surface area (Å²) in [7, 11) is 0. The highest BCUT2D eigenvalue weighted by molar-refractivity contribution is 5.94. The second kappa shape index (κ2) is 8.48. The third-order valence-electron chi connectivity index (χ3n) is 5.33. The Morgan fingerprint density at radius 3 is 2.40 bits per heavy atom. The molecule has 5 heteroatoms. The highest BCUT2D eigenvalue weighted by Gasteiger charge is 2.28. The molecular formula is C20H29N3O2. The van der Waals surface area contributed by atoms with Gasteiger partial charge in [0.2, 0.25) is 5.91 Å². The Balaban J connectivity index is 1.63. The minimum Gasteiger partial charge on any atom is -0.352 e. The highest BCUT2D eigenvalue weighted by atomic mass is 16.2. The molecule has 0 radical (unpaired) electrons. The molecule has 1 N–H and O–H groups in total. The van der Waals surface area contributed by atoms with E-state index in [9.17, 15) is 9.59 Å². The van der Waals surface area contributed by atoms with Crippen LogP contribution in [-0.4, -0.2) is 53.8 Å². The zero-order valence-corrected chi connectivity index (χ0v) is 15.2. The zero-order chi connectivity index (χ0) is 17.6. The SMILES string of the molecule is CC(=O)NCc1ccc(C(=O)N2CCCC[C@H](N3CCCC3)C2)cc1. The summed E-state index contributed by atoms with van der Waals surface area (Å²) < 4.78 is 0. The van der Waals surface area contributed by atoms with Gasteiger partial charge in [0.15, 0.2) is 0 Å². The van der Waals surface area contributed by atoms with Crippen molar-refractivity contribution in [2.24, 2.45) is 0 Å². The molecule has 0 unspecified atom stereocenters. The van der Waals surface area contributed by atoms with Crippen LogP contribution in [0, 0.1) is 0 Å². The van der Waals surface area contributed by atoms with Gasteiger partial charge < -0.3 is 10.2 Å². The molecular weight excluding hydrogens is 314 g/mol. The van der Waals surface area contributed by atoms with Gasteiger partial charge >= 0.3 is 0 Å². The number of amides is 2. The molecule has 2 aliphatic heterocycles. The summed E-state index contributed by atoms with van der Waals surface area (Å²) >= 11 is 0. The zero-order valence-electron chi connectivity index (χ0n) is 15.2. The fourth-order valence-electron chi connectivity index (χ4n) is 3.88. The van der Waals surface area contributed by atoms with Gasteiger partial charge in [0.05, 0.1) is 0 Å². The Labute approximate surface area is 150 Å². The fraction of sp³-hybridized carbons (Fsp3) is 0.600. The average Bonchev–Trinajstić information content (AvgIpc) is 3.04. The first-order chi connectivity index (χ1) is 12.1. The van der Waals surface area contributed by atoms with Crippen LogP contribution in [-0.2, 0) is 11.3 Å². The topological polar surface area (TPSA) is 52.7 Å². The lowest BCUT2D eigenvalue weighted by Crippen LogP contribution is -2.43. The van der Waals surface area contributed by atoms with E-state index in [1.165, 1.54) is 45.7 Å². The van der Waals surface area contributed by atoms with Crippen LogP contribution in [0.15, 0.2) is 24.3 Å². The van der Waals surface area contributed by atoms with Gasteiger partial charge in [-0.05, 0) is 56.5 Å². The molecule has 5 nitrogen and oxygen atoms in total. The third kappa shape index (κ3) is 4.82. The molecule has 2 fully saturated rings. The second-order valence-electron chi connectivity index (χ2n) is 7.25. The molecule has 3 rings (SSSR count). The first-order valence-electron chi connectivity index (χ1n) is 9.50. The summed E-state index contributed by atoms with van der Waals surface area (Å²) in [6.07, 6.45) is 6.09. The summed E-state index contributed by atoms with van der Waals surface area (Å²) in [6.45, 7) is 6.09.